The molecule has 1 aliphatic rings. The second-order valence-corrected chi connectivity index (χ2v) is 3.26. The summed E-state index contributed by atoms with van der Waals surface area (Å²) in [5.41, 5.74) is -1.68. The first-order chi connectivity index (χ1) is 6.98. The lowest BCUT2D eigenvalue weighted by atomic mass is 9.87. The maximum absolute atomic E-state index is 10.9. The van der Waals surface area contributed by atoms with Crippen LogP contribution in [0.5, 0.6) is 0 Å². The van der Waals surface area contributed by atoms with E-state index >= 15 is 0 Å². The van der Waals surface area contributed by atoms with Crippen LogP contribution in [0.4, 0.5) is 0 Å². The van der Waals surface area contributed by atoms with Crippen LogP contribution >= 0.6 is 0 Å². The predicted molar refractivity (Wildman–Crippen MR) is 50.9 cm³/mol. The second kappa shape index (κ2) is 4.37. The minimum absolute atomic E-state index is 0.168. The van der Waals surface area contributed by atoms with E-state index in [0.717, 1.165) is 18.2 Å². The molecule has 15 heavy (non-hydrogen) atoms. The van der Waals surface area contributed by atoms with Crippen LogP contribution in [0, 0.1) is 0 Å². The predicted octanol–water partition coefficient (Wildman–Crippen LogP) is -0.663. The van der Waals surface area contributed by atoms with Gasteiger partial charge in [0.2, 0.25) is 0 Å². The fourth-order valence-corrected chi connectivity index (χ4v) is 1.20. The van der Waals surface area contributed by atoms with Gasteiger partial charge < -0.3 is 14.9 Å². The normalized spacial score (nSPS) is 30.9. The van der Waals surface area contributed by atoms with Gasteiger partial charge in [-0.15, -0.1) is 0 Å². The van der Waals surface area contributed by atoms with Crippen LogP contribution in [0.15, 0.2) is 24.3 Å². The Balaban J connectivity index is 2.82. The van der Waals surface area contributed by atoms with Gasteiger partial charge in [0.05, 0.1) is 13.2 Å². The number of aliphatic hydroxyl groups excluding tert-OH is 1. The Labute approximate surface area is 86.7 Å². The number of carbonyl (C=O) groups excluding carboxylic acids is 2. The zero-order chi connectivity index (χ0) is 11.5. The van der Waals surface area contributed by atoms with Crippen molar-refractivity contribution < 1.29 is 24.5 Å². The van der Waals surface area contributed by atoms with Crippen LogP contribution < -0.4 is 0 Å². The summed E-state index contributed by atoms with van der Waals surface area (Å²) >= 11 is 0. The highest BCUT2D eigenvalue weighted by molar-refractivity contribution is 5.91. The quantitative estimate of drug-likeness (QED) is 0.469. The van der Waals surface area contributed by atoms with Crippen molar-refractivity contribution in [3.8, 4) is 0 Å². The molecular formula is C10H12O5. The lowest BCUT2D eigenvalue weighted by Gasteiger charge is -2.28. The third-order valence-electron chi connectivity index (χ3n) is 2.15. The maximum atomic E-state index is 10.9. The van der Waals surface area contributed by atoms with E-state index in [-0.39, 0.29) is 12.2 Å². The topological polar surface area (TPSA) is 83.8 Å². The average Bonchev–Trinajstić information content (AvgIpc) is 2.21. The lowest BCUT2D eigenvalue weighted by molar-refractivity contribution is -0.135. The Hall–Kier alpha value is -1.46. The van der Waals surface area contributed by atoms with E-state index in [1.165, 1.54) is 13.2 Å². The molecule has 5 nitrogen and oxygen atoms in total. The number of ketones is 1. The van der Waals surface area contributed by atoms with Crippen molar-refractivity contribution in [3.05, 3.63) is 24.3 Å². The molecule has 0 heterocycles. The standard InChI is InChI=1S/C10H12O5/c1-15-9(13)3-5-10(14)4-2-7(11)6-8(10)12/h2-5,8,12,14H,6H2,1H3/b5-3+/t8-,10+/m0/s1. The average molecular weight is 212 g/mol. The van der Waals surface area contributed by atoms with Crippen LogP contribution in [0.2, 0.25) is 0 Å². The summed E-state index contributed by atoms with van der Waals surface area (Å²) in [7, 11) is 1.20. The van der Waals surface area contributed by atoms with E-state index in [1.807, 2.05) is 0 Å². The minimum atomic E-state index is -1.68. The summed E-state index contributed by atoms with van der Waals surface area (Å²) in [6.45, 7) is 0. The third kappa shape index (κ3) is 2.74. The Kier molecular flexibility index (Phi) is 3.39. The fourth-order valence-electron chi connectivity index (χ4n) is 1.20. The van der Waals surface area contributed by atoms with Crippen molar-refractivity contribution >= 4 is 11.8 Å². The molecule has 82 valence electrons. The number of rotatable bonds is 2. The van der Waals surface area contributed by atoms with Crippen molar-refractivity contribution in [2.45, 2.75) is 18.1 Å². The Morgan fingerprint density at radius 1 is 1.73 bits per heavy atom. The minimum Gasteiger partial charge on any atom is -0.466 e. The molecule has 0 unspecified atom stereocenters. The van der Waals surface area contributed by atoms with Gasteiger partial charge in [-0.2, -0.15) is 0 Å². The molecule has 0 saturated carbocycles. The highest BCUT2D eigenvalue weighted by atomic mass is 16.5. The van der Waals surface area contributed by atoms with Crippen molar-refractivity contribution in [2.75, 3.05) is 7.11 Å². The molecule has 0 bridgehead atoms. The molecule has 0 fully saturated rings. The molecule has 0 amide bonds. The van der Waals surface area contributed by atoms with Crippen LogP contribution in [0.3, 0.4) is 0 Å². The Morgan fingerprint density at radius 3 is 2.93 bits per heavy atom. The monoisotopic (exact) mass is 212 g/mol. The van der Waals surface area contributed by atoms with E-state index < -0.39 is 17.7 Å². The van der Waals surface area contributed by atoms with E-state index in [4.69, 9.17) is 0 Å². The van der Waals surface area contributed by atoms with Gasteiger partial charge in [0.25, 0.3) is 0 Å². The van der Waals surface area contributed by atoms with Crippen molar-refractivity contribution in [2.24, 2.45) is 0 Å². The van der Waals surface area contributed by atoms with E-state index in [2.05, 4.69) is 4.74 Å². The summed E-state index contributed by atoms with van der Waals surface area (Å²) in [5.74, 6) is -0.903. The molecule has 0 spiro atoms. The first-order valence-electron chi connectivity index (χ1n) is 4.37. The maximum Gasteiger partial charge on any atom is 0.330 e. The second-order valence-electron chi connectivity index (χ2n) is 3.26. The number of hydrogen-bond acceptors (Lipinski definition) is 5. The highest BCUT2D eigenvalue weighted by Crippen LogP contribution is 2.22. The highest BCUT2D eigenvalue weighted by Gasteiger charge is 2.34. The van der Waals surface area contributed by atoms with Gasteiger partial charge in [-0.3, -0.25) is 4.79 Å². The van der Waals surface area contributed by atoms with Crippen LogP contribution in [0.25, 0.3) is 0 Å². The van der Waals surface area contributed by atoms with Crippen molar-refractivity contribution in [3.63, 3.8) is 0 Å². The number of aliphatic hydroxyl groups is 2. The first kappa shape index (κ1) is 11.6. The molecule has 0 saturated heterocycles. The summed E-state index contributed by atoms with van der Waals surface area (Å²) in [4.78, 5) is 21.7. The number of esters is 1. The Morgan fingerprint density at radius 2 is 2.40 bits per heavy atom. The zero-order valence-corrected chi connectivity index (χ0v) is 8.21. The van der Waals surface area contributed by atoms with Gasteiger partial charge in [-0.25, -0.2) is 4.79 Å². The number of ether oxygens (including phenoxy) is 1. The number of carbonyl (C=O) groups is 2. The van der Waals surface area contributed by atoms with E-state index in [0.29, 0.717) is 0 Å². The summed E-state index contributed by atoms with van der Waals surface area (Å²) in [5, 5.41) is 19.3. The fraction of sp³-hybridized carbons (Fsp3) is 0.400. The molecule has 1 aliphatic carbocycles. The molecule has 0 aromatic rings. The molecule has 0 aromatic heterocycles. The Bertz CT molecular complexity index is 331. The summed E-state index contributed by atoms with van der Waals surface area (Å²) in [6, 6.07) is 0. The van der Waals surface area contributed by atoms with Crippen LogP contribution in [0.1, 0.15) is 6.42 Å². The molecule has 2 N–H and O–H groups in total. The molecule has 0 radical (unpaired) electrons. The molecule has 2 atom stereocenters. The summed E-state index contributed by atoms with van der Waals surface area (Å²) in [6.07, 6.45) is 3.03. The van der Waals surface area contributed by atoms with Crippen molar-refractivity contribution in [1.82, 2.24) is 0 Å². The van der Waals surface area contributed by atoms with E-state index in [1.54, 1.807) is 0 Å². The molecule has 5 heteroatoms. The smallest absolute Gasteiger partial charge is 0.330 e. The molecule has 0 aliphatic heterocycles. The van der Waals surface area contributed by atoms with Gasteiger partial charge in [0, 0.05) is 12.5 Å². The van der Waals surface area contributed by atoms with Gasteiger partial charge in [-0.05, 0) is 18.2 Å². The molecule has 1 rings (SSSR count). The first-order valence-corrected chi connectivity index (χ1v) is 4.37. The largest absolute Gasteiger partial charge is 0.466 e. The lowest BCUT2D eigenvalue weighted by Crippen LogP contribution is -2.42. The SMILES string of the molecule is COC(=O)/C=C/[C@]1(O)C=CC(=O)C[C@@H]1O. The number of hydrogen-bond donors (Lipinski definition) is 2. The summed E-state index contributed by atoms with van der Waals surface area (Å²) < 4.78 is 4.33. The van der Waals surface area contributed by atoms with Gasteiger partial charge in [-0.1, -0.05) is 0 Å². The van der Waals surface area contributed by atoms with Gasteiger partial charge in [0.1, 0.15) is 5.60 Å². The van der Waals surface area contributed by atoms with Crippen molar-refractivity contribution in [1.29, 1.82) is 0 Å². The van der Waals surface area contributed by atoms with Gasteiger partial charge >= 0.3 is 5.97 Å². The van der Waals surface area contributed by atoms with E-state index in [9.17, 15) is 19.8 Å². The zero-order valence-electron chi connectivity index (χ0n) is 8.21. The molecule has 0 aromatic carbocycles. The number of methoxy groups -OCH3 is 1. The number of allylic oxidation sites excluding steroid dienone is 1. The van der Waals surface area contributed by atoms with Crippen LogP contribution in [-0.2, 0) is 14.3 Å². The van der Waals surface area contributed by atoms with Gasteiger partial charge in [0.15, 0.2) is 5.78 Å². The van der Waals surface area contributed by atoms with Crippen LogP contribution in [-0.4, -0.2) is 40.8 Å². The third-order valence-corrected chi connectivity index (χ3v) is 2.15. The molecular weight excluding hydrogens is 200 g/mol.